The number of likely N-dealkylation sites (tertiary alicyclic amines) is 1. The van der Waals surface area contributed by atoms with Crippen molar-refractivity contribution < 1.29 is 9.59 Å². The molecule has 2 aromatic heterocycles. The second kappa shape index (κ2) is 7.61. The topological polar surface area (TPSA) is 67.2 Å². The molecule has 0 aliphatic carbocycles. The predicted octanol–water partition coefficient (Wildman–Crippen LogP) is 2.00. The SMILES string of the molecule is C[C@@H](Cn1ccnc1)NC(=O)[C@@H]1CCCN(C(=O)c2cccs2)C1. The van der Waals surface area contributed by atoms with Gasteiger partial charge in [-0.15, -0.1) is 11.3 Å². The molecule has 2 atom stereocenters. The lowest BCUT2D eigenvalue weighted by Crippen LogP contribution is -2.47. The van der Waals surface area contributed by atoms with Gasteiger partial charge in [0.15, 0.2) is 0 Å². The molecular formula is C17H22N4O2S. The molecule has 2 aromatic rings. The van der Waals surface area contributed by atoms with E-state index in [0.717, 1.165) is 24.3 Å². The van der Waals surface area contributed by atoms with Gasteiger partial charge in [-0.1, -0.05) is 6.07 Å². The zero-order chi connectivity index (χ0) is 16.9. The van der Waals surface area contributed by atoms with Crippen LogP contribution in [-0.4, -0.2) is 45.4 Å². The van der Waals surface area contributed by atoms with E-state index in [0.29, 0.717) is 13.1 Å². The fourth-order valence-corrected chi connectivity index (χ4v) is 3.74. The summed E-state index contributed by atoms with van der Waals surface area (Å²) < 4.78 is 1.94. The number of hydrogen-bond acceptors (Lipinski definition) is 4. The third-order valence-corrected chi connectivity index (χ3v) is 5.10. The van der Waals surface area contributed by atoms with Crippen LogP contribution in [0.5, 0.6) is 0 Å². The Balaban J connectivity index is 1.54. The molecule has 3 rings (SSSR count). The first-order valence-electron chi connectivity index (χ1n) is 8.22. The lowest BCUT2D eigenvalue weighted by Gasteiger charge is -2.32. The highest BCUT2D eigenvalue weighted by Gasteiger charge is 2.29. The molecule has 1 saturated heterocycles. The van der Waals surface area contributed by atoms with Crippen molar-refractivity contribution in [3.05, 3.63) is 41.1 Å². The van der Waals surface area contributed by atoms with Crippen molar-refractivity contribution in [1.82, 2.24) is 19.8 Å². The van der Waals surface area contributed by atoms with E-state index < -0.39 is 0 Å². The molecule has 128 valence electrons. The summed E-state index contributed by atoms with van der Waals surface area (Å²) in [5, 5.41) is 4.96. The van der Waals surface area contributed by atoms with E-state index in [1.165, 1.54) is 11.3 Å². The van der Waals surface area contributed by atoms with E-state index in [2.05, 4.69) is 10.3 Å². The van der Waals surface area contributed by atoms with Crippen molar-refractivity contribution in [3.63, 3.8) is 0 Å². The summed E-state index contributed by atoms with van der Waals surface area (Å²) in [7, 11) is 0. The number of thiophene rings is 1. The molecule has 0 saturated carbocycles. The summed E-state index contributed by atoms with van der Waals surface area (Å²) in [6, 6.07) is 3.74. The van der Waals surface area contributed by atoms with Gasteiger partial charge in [-0.2, -0.15) is 0 Å². The number of amides is 2. The molecule has 0 radical (unpaired) electrons. The first-order valence-corrected chi connectivity index (χ1v) is 9.10. The first kappa shape index (κ1) is 16.7. The summed E-state index contributed by atoms with van der Waals surface area (Å²) in [6.07, 6.45) is 7.04. The number of nitrogens with zero attached hydrogens (tertiary/aromatic N) is 3. The maximum Gasteiger partial charge on any atom is 0.263 e. The molecule has 0 spiro atoms. The molecule has 0 unspecified atom stereocenters. The number of imidazole rings is 1. The van der Waals surface area contributed by atoms with Crippen molar-refractivity contribution in [2.24, 2.45) is 5.92 Å². The van der Waals surface area contributed by atoms with Crippen LogP contribution in [0, 0.1) is 5.92 Å². The fraction of sp³-hybridized carbons (Fsp3) is 0.471. The molecule has 1 aliphatic heterocycles. The smallest absolute Gasteiger partial charge is 0.263 e. The van der Waals surface area contributed by atoms with Crippen molar-refractivity contribution >= 4 is 23.2 Å². The van der Waals surface area contributed by atoms with Gasteiger partial charge in [0.25, 0.3) is 5.91 Å². The fourth-order valence-electron chi connectivity index (χ4n) is 3.05. The number of nitrogens with one attached hydrogen (secondary N) is 1. The Morgan fingerprint density at radius 1 is 1.50 bits per heavy atom. The van der Waals surface area contributed by atoms with Crippen LogP contribution >= 0.6 is 11.3 Å². The van der Waals surface area contributed by atoms with E-state index in [4.69, 9.17) is 0 Å². The van der Waals surface area contributed by atoms with Gasteiger partial charge < -0.3 is 14.8 Å². The molecule has 2 amide bonds. The minimum absolute atomic E-state index is 0.0232. The zero-order valence-corrected chi connectivity index (χ0v) is 14.5. The summed E-state index contributed by atoms with van der Waals surface area (Å²) >= 11 is 1.45. The Morgan fingerprint density at radius 3 is 3.08 bits per heavy atom. The lowest BCUT2D eigenvalue weighted by molar-refractivity contribution is -0.127. The molecule has 0 aromatic carbocycles. The second-order valence-corrected chi connectivity index (χ2v) is 7.18. The van der Waals surface area contributed by atoms with Crippen molar-refractivity contribution in [1.29, 1.82) is 0 Å². The minimum atomic E-state index is -0.132. The van der Waals surface area contributed by atoms with Crippen LogP contribution in [0.2, 0.25) is 0 Å². The molecular weight excluding hydrogens is 324 g/mol. The number of piperidine rings is 1. The number of aromatic nitrogens is 2. The van der Waals surface area contributed by atoms with Crippen LogP contribution in [0.3, 0.4) is 0 Å². The molecule has 7 heteroatoms. The van der Waals surface area contributed by atoms with Crippen molar-refractivity contribution in [2.45, 2.75) is 32.4 Å². The Morgan fingerprint density at radius 2 is 2.38 bits per heavy atom. The molecule has 1 fully saturated rings. The van der Waals surface area contributed by atoms with E-state index >= 15 is 0 Å². The summed E-state index contributed by atoms with van der Waals surface area (Å²) in [4.78, 5) is 31.5. The van der Waals surface area contributed by atoms with Gasteiger partial charge >= 0.3 is 0 Å². The molecule has 6 nitrogen and oxygen atoms in total. The van der Waals surface area contributed by atoms with Gasteiger partial charge in [0.2, 0.25) is 5.91 Å². The minimum Gasteiger partial charge on any atom is -0.352 e. The number of rotatable bonds is 5. The van der Waals surface area contributed by atoms with Crippen LogP contribution in [0.15, 0.2) is 36.2 Å². The monoisotopic (exact) mass is 346 g/mol. The second-order valence-electron chi connectivity index (χ2n) is 6.24. The lowest BCUT2D eigenvalue weighted by atomic mass is 9.96. The van der Waals surface area contributed by atoms with Gasteiger partial charge in [-0.3, -0.25) is 9.59 Å². The van der Waals surface area contributed by atoms with E-state index in [1.807, 2.05) is 35.2 Å². The summed E-state index contributed by atoms with van der Waals surface area (Å²) in [5.74, 6) is -0.0619. The van der Waals surface area contributed by atoms with E-state index in [-0.39, 0.29) is 23.8 Å². The van der Waals surface area contributed by atoms with E-state index in [9.17, 15) is 9.59 Å². The first-order chi connectivity index (χ1) is 11.6. The maximum atomic E-state index is 12.5. The zero-order valence-electron chi connectivity index (χ0n) is 13.7. The molecule has 3 heterocycles. The summed E-state index contributed by atoms with van der Waals surface area (Å²) in [6.45, 7) is 3.90. The predicted molar refractivity (Wildman–Crippen MR) is 92.8 cm³/mol. The highest BCUT2D eigenvalue weighted by Crippen LogP contribution is 2.20. The Kier molecular flexibility index (Phi) is 5.30. The third-order valence-electron chi connectivity index (χ3n) is 4.24. The molecule has 0 bridgehead atoms. The van der Waals surface area contributed by atoms with Crippen LogP contribution in [-0.2, 0) is 11.3 Å². The normalized spacial score (nSPS) is 19.0. The number of carbonyl (C=O) groups is 2. The molecule has 24 heavy (non-hydrogen) atoms. The molecule has 1 aliphatic rings. The Hall–Kier alpha value is -2.15. The highest BCUT2D eigenvalue weighted by atomic mass is 32.1. The van der Waals surface area contributed by atoms with Crippen LogP contribution in [0.4, 0.5) is 0 Å². The Bertz CT molecular complexity index is 669. The van der Waals surface area contributed by atoms with Gasteiger partial charge in [-0.05, 0) is 31.2 Å². The van der Waals surface area contributed by atoms with Gasteiger partial charge in [-0.25, -0.2) is 4.98 Å². The average Bonchev–Trinajstić information content (AvgIpc) is 3.27. The standard InChI is InChI=1S/C17H22N4O2S/c1-13(10-20-8-6-18-12-20)19-16(22)14-4-2-7-21(11-14)17(23)15-5-3-9-24-15/h3,5-6,8-9,12-14H,2,4,7,10-11H2,1H3,(H,19,22)/t13-,14+/m0/s1. The Labute approximate surface area is 145 Å². The highest BCUT2D eigenvalue weighted by molar-refractivity contribution is 7.12. The van der Waals surface area contributed by atoms with Gasteiger partial charge in [0.05, 0.1) is 17.1 Å². The third kappa shape index (κ3) is 4.03. The number of carbonyl (C=O) groups excluding carboxylic acids is 2. The van der Waals surface area contributed by atoms with Crippen molar-refractivity contribution in [3.8, 4) is 0 Å². The van der Waals surface area contributed by atoms with Crippen molar-refractivity contribution in [2.75, 3.05) is 13.1 Å². The van der Waals surface area contributed by atoms with Crippen LogP contribution < -0.4 is 5.32 Å². The van der Waals surface area contributed by atoms with E-state index in [1.54, 1.807) is 17.4 Å². The van der Waals surface area contributed by atoms with Gasteiger partial charge in [0, 0.05) is 38.1 Å². The van der Waals surface area contributed by atoms with Crippen LogP contribution in [0.1, 0.15) is 29.4 Å². The molecule has 1 N–H and O–H groups in total. The largest absolute Gasteiger partial charge is 0.352 e. The maximum absolute atomic E-state index is 12.5. The van der Waals surface area contributed by atoms with Crippen LogP contribution in [0.25, 0.3) is 0 Å². The average molecular weight is 346 g/mol. The number of hydrogen-bond donors (Lipinski definition) is 1. The van der Waals surface area contributed by atoms with Gasteiger partial charge in [0.1, 0.15) is 0 Å². The summed E-state index contributed by atoms with van der Waals surface area (Å²) in [5.41, 5.74) is 0. The quantitative estimate of drug-likeness (QED) is 0.900.